The predicted octanol–water partition coefficient (Wildman–Crippen LogP) is 1.17. The lowest BCUT2D eigenvalue weighted by molar-refractivity contribution is -0.121. The fourth-order valence-corrected chi connectivity index (χ4v) is 3.07. The molecule has 1 unspecified atom stereocenters. The van der Waals surface area contributed by atoms with Crippen molar-refractivity contribution in [1.82, 2.24) is 15.5 Å². The molecule has 0 aromatic carbocycles. The van der Waals surface area contributed by atoms with Crippen molar-refractivity contribution in [2.75, 3.05) is 26.2 Å². The lowest BCUT2D eigenvalue weighted by atomic mass is 9.90. The van der Waals surface area contributed by atoms with Crippen LogP contribution in [0.5, 0.6) is 0 Å². The van der Waals surface area contributed by atoms with E-state index in [9.17, 15) is 9.59 Å². The van der Waals surface area contributed by atoms with Crippen LogP contribution in [0.3, 0.4) is 0 Å². The lowest BCUT2D eigenvalue weighted by Crippen LogP contribution is -2.44. The zero-order chi connectivity index (χ0) is 15.3. The number of rotatable bonds is 5. The Morgan fingerprint density at radius 2 is 2.27 bits per heavy atom. The van der Waals surface area contributed by atoms with Crippen LogP contribution in [0.1, 0.15) is 18.2 Å². The molecule has 1 atom stereocenters. The number of halogens is 1. The van der Waals surface area contributed by atoms with Crippen molar-refractivity contribution in [3.63, 3.8) is 0 Å². The van der Waals surface area contributed by atoms with E-state index in [1.54, 1.807) is 11.3 Å². The number of likely N-dealkylation sites (tertiary alicyclic amines) is 1. The molecule has 1 aromatic heterocycles. The zero-order valence-corrected chi connectivity index (χ0v) is 14.3. The van der Waals surface area contributed by atoms with Gasteiger partial charge < -0.3 is 11.1 Å². The SMILES string of the molecule is CC1(CN)CCN(CC(=O)NC(=O)NCc2cccs2)C1.Cl. The van der Waals surface area contributed by atoms with Gasteiger partial charge in [-0.05, 0) is 36.4 Å². The summed E-state index contributed by atoms with van der Waals surface area (Å²) in [5, 5.41) is 6.97. The van der Waals surface area contributed by atoms with E-state index in [1.165, 1.54) is 0 Å². The number of nitrogens with two attached hydrogens (primary N) is 1. The van der Waals surface area contributed by atoms with Gasteiger partial charge in [0.25, 0.3) is 0 Å². The number of thiophene rings is 1. The molecular formula is C14H23ClN4O2S. The van der Waals surface area contributed by atoms with Gasteiger partial charge in [0.1, 0.15) is 0 Å². The summed E-state index contributed by atoms with van der Waals surface area (Å²) in [5.41, 5.74) is 5.82. The molecule has 124 valence electrons. The Morgan fingerprint density at radius 3 is 2.86 bits per heavy atom. The first kappa shape index (κ1) is 18.9. The first-order valence-corrected chi connectivity index (χ1v) is 7.91. The highest BCUT2D eigenvalue weighted by molar-refractivity contribution is 7.09. The van der Waals surface area contributed by atoms with Gasteiger partial charge in [-0.25, -0.2) is 4.79 Å². The Kier molecular flexibility index (Phi) is 7.28. The van der Waals surface area contributed by atoms with Crippen molar-refractivity contribution in [3.8, 4) is 0 Å². The van der Waals surface area contributed by atoms with Crippen molar-refractivity contribution in [1.29, 1.82) is 0 Å². The van der Waals surface area contributed by atoms with E-state index in [0.717, 1.165) is 24.4 Å². The zero-order valence-electron chi connectivity index (χ0n) is 12.6. The Labute approximate surface area is 140 Å². The Bertz CT molecular complexity index is 497. The molecule has 2 heterocycles. The second kappa shape index (κ2) is 8.47. The molecule has 1 aliphatic heterocycles. The second-order valence-corrected chi connectivity index (χ2v) is 6.82. The van der Waals surface area contributed by atoms with Gasteiger partial charge in [0.15, 0.2) is 0 Å². The monoisotopic (exact) mass is 346 g/mol. The van der Waals surface area contributed by atoms with Crippen LogP contribution in [0.2, 0.25) is 0 Å². The molecule has 8 heteroatoms. The number of carbonyl (C=O) groups is 2. The molecule has 22 heavy (non-hydrogen) atoms. The Morgan fingerprint density at radius 1 is 1.50 bits per heavy atom. The fourth-order valence-electron chi connectivity index (χ4n) is 2.42. The number of amides is 3. The van der Waals surface area contributed by atoms with Gasteiger partial charge in [0.05, 0.1) is 13.1 Å². The maximum atomic E-state index is 11.8. The number of nitrogens with one attached hydrogen (secondary N) is 2. The number of carbonyl (C=O) groups excluding carboxylic acids is 2. The van der Waals surface area contributed by atoms with E-state index < -0.39 is 6.03 Å². The number of hydrogen-bond donors (Lipinski definition) is 3. The topological polar surface area (TPSA) is 87.5 Å². The van der Waals surface area contributed by atoms with Crippen molar-refractivity contribution >= 4 is 35.7 Å². The van der Waals surface area contributed by atoms with E-state index in [0.29, 0.717) is 13.1 Å². The van der Waals surface area contributed by atoms with Crippen LogP contribution in [0.15, 0.2) is 17.5 Å². The van der Waals surface area contributed by atoms with Crippen LogP contribution < -0.4 is 16.4 Å². The predicted molar refractivity (Wildman–Crippen MR) is 90.2 cm³/mol. The largest absolute Gasteiger partial charge is 0.333 e. The average molecular weight is 347 g/mol. The molecule has 0 saturated carbocycles. The average Bonchev–Trinajstić information content (AvgIpc) is 3.07. The van der Waals surface area contributed by atoms with Crippen molar-refractivity contribution in [3.05, 3.63) is 22.4 Å². The molecule has 0 aliphatic carbocycles. The molecule has 0 radical (unpaired) electrons. The maximum Gasteiger partial charge on any atom is 0.321 e. The van der Waals surface area contributed by atoms with E-state index in [4.69, 9.17) is 5.73 Å². The molecule has 1 fully saturated rings. The summed E-state index contributed by atoms with van der Waals surface area (Å²) >= 11 is 1.56. The number of nitrogens with zero attached hydrogens (tertiary/aromatic N) is 1. The van der Waals surface area contributed by atoms with Gasteiger partial charge >= 0.3 is 6.03 Å². The molecule has 1 aliphatic rings. The molecule has 0 bridgehead atoms. The quantitative estimate of drug-likeness (QED) is 0.746. The van der Waals surface area contributed by atoms with Gasteiger partial charge in [-0.15, -0.1) is 23.7 Å². The third kappa shape index (κ3) is 5.57. The first-order valence-electron chi connectivity index (χ1n) is 7.03. The summed E-state index contributed by atoms with van der Waals surface area (Å²) in [7, 11) is 0. The molecule has 0 spiro atoms. The Hall–Kier alpha value is -1.15. The van der Waals surface area contributed by atoms with Crippen LogP contribution in [-0.4, -0.2) is 43.0 Å². The smallest absolute Gasteiger partial charge is 0.321 e. The van der Waals surface area contributed by atoms with E-state index in [1.807, 2.05) is 22.4 Å². The van der Waals surface area contributed by atoms with Crippen LogP contribution in [0.25, 0.3) is 0 Å². The summed E-state index contributed by atoms with van der Waals surface area (Å²) < 4.78 is 0. The molecule has 1 saturated heterocycles. The number of imide groups is 1. The van der Waals surface area contributed by atoms with E-state index in [-0.39, 0.29) is 30.3 Å². The molecule has 3 amide bonds. The minimum absolute atomic E-state index is 0. The highest BCUT2D eigenvalue weighted by atomic mass is 35.5. The summed E-state index contributed by atoms with van der Waals surface area (Å²) in [6.45, 7) is 5.06. The third-order valence-corrected chi connectivity index (χ3v) is 4.63. The Balaban J connectivity index is 0.00000242. The fraction of sp³-hybridized carbons (Fsp3) is 0.571. The lowest BCUT2D eigenvalue weighted by Gasteiger charge is -2.22. The first-order chi connectivity index (χ1) is 10.0. The number of hydrogen-bond acceptors (Lipinski definition) is 5. The van der Waals surface area contributed by atoms with E-state index >= 15 is 0 Å². The highest BCUT2D eigenvalue weighted by Gasteiger charge is 2.33. The minimum Gasteiger partial charge on any atom is -0.333 e. The van der Waals surface area contributed by atoms with Gasteiger partial charge in [-0.3, -0.25) is 15.0 Å². The third-order valence-electron chi connectivity index (χ3n) is 3.75. The second-order valence-electron chi connectivity index (χ2n) is 5.79. The van der Waals surface area contributed by atoms with Crippen LogP contribution in [0, 0.1) is 5.41 Å². The van der Waals surface area contributed by atoms with Crippen molar-refractivity contribution < 1.29 is 9.59 Å². The van der Waals surface area contributed by atoms with E-state index in [2.05, 4.69) is 17.6 Å². The normalized spacial score (nSPS) is 21.2. The van der Waals surface area contributed by atoms with Gasteiger partial charge in [0.2, 0.25) is 5.91 Å². The van der Waals surface area contributed by atoms with Crippen LogP contribution >= 0.6 is 23.7 Å². The summed E-state index contributed by atoms with van der Waals surface area (Å²) in [6, 6.07) is 3.41. The van der Waals surface area contributed by atoms with Crippen LogP contribution in [0.4, 0.5) is 4.79 Å². The van der Waals surface area contributed by atoms with Gasteiger partial charge in [-0.2, -0.15) is 0 Å². The number of urea groups is 1. The van der Waals surface area contributed by atoms with Gasteiger partial charge in [-0.1, -0.05) is 13.0 Å². The molecular weight excluding hydrogens is 324 g/mol. The minimum atomic E-state index is -0.450. The molecule has 4 N–H and O–H groups in total. The molecule has 6 nitrogen and oxygen atoms in total. The standard InChI is InChI=1S/C14H22N4O2S.ClH/c1-14(9-15)4-5-18(10-14)8-12(19)17-13(20)16-7-11-3-2-6-21-11;/h2-3,6H,4-5,7-10,15H2,1H3,(H2,16,17,19,20);1H. The van der Waals surface area contributed by atoms with Gasteiger partial charge in [0, 0.05) is 11.4 Å². The van der Waals surface area contributed by atoms with Crippen LogP contribution in [-0.2, 0) is 11.3 Å². The molecule has 1 aromatic rings. The summed E-state index contributed by atoms with van der Waals surface area (Å²) in [4.78, 5) is 26.5. The molecule has 2 rings (SSSR count). The highest BCUT2D eigenvalue weighted by Crippen LogP contribution is 2.27. The summed E-state index contributed by atoms with van der Waals surface area (Å²) in [5.74, 6) is -0.278. The summed E-state index contributed by atoms with van der Waals surface area (Å²) in [6.07, 6.45) is 0.987. The maximum absolute atomic E-state index is 11.8. The van der Waals surface area contributed by atoms with Crippen molar-refractivity contribution in [2.24, 2.45) is 11.1 Å². The van der Waals surface area contributed by atoms with Crippen molar-refractivity contribution in [2.45, 2.75) is 19.9 Å².